The van der Waals surface area contributed by atoms with Crippen LogP contribution in [0, 0.1) is 11.7 Å². The molecule has 0 amide bonds. The molecule has 1 aromatic carbocycles. The van der Waals surface area contributed by atoms with E-state index in [0.29, 0.717) is 17.3 Å². The molecule has 1 heterocycles. The average Bonchev–Trinajstić information content (AvgIpc) is 2.29. The third-order valence-electron chi connectivity index (χ3n) is 2.83. The van der Waals surface area contributed by atoms with Crippen molar-refractivity contribution in [3.8, 4) is 0 Å². The van der Waals surface area contributed by atoms with Gasteiger partial charge in [-0.25, -0.2) is 4.39 Å². The Hall–Kier alpha value is -1.29. The van der Waals surface area contributed by atoms with E-state index in [2.05, 4.69) is 5.32 Å². The van der Waals surface area contributed by atoms with Crippen LogP contribution in [0.3, 0.4) is 0 Å². The molecule has 1 unspecified atom stereocenters. The van der Waals surface area contributed by atoms with Crippen LogP contribution in [0.4, 0.5) is 15.8 Å². The van der Waals surface area contributed by atoms with Gasteiger partial charge in [-0.2, -0.15) is 0 Å². The van der Waals surface area contributed by atoms with E-state index in [4.69, 9.17) is 10.5 Å². The minimum atomic E-state index is -0.295. The zero-order valence-electron chi connectivity index (χ0n) is 9.21. The van der Waals surface area contributed by atoms with Crippen molar-refractivity contribution < 1.29 is 9.13 Å². The molecule has 1 fully saturated rings. The van der Waals surface area contributed by atoms with Crippen molar-refractivity contribution in [1.29, 1.82) is 0 Å². The lowest BCUT2D eigenvalue weighted by Crippen LogP contribution is -2.24. The number of nitrogen functional groups attached to an aromatic ring is 1. The van der Waals surface area contributed by atoms with Gasteiger partial charge in [-0.15, -0.1) is 0 Å². The van der Waals surface area contributed by atoms with Crippen LogP contribution in [0.25, 0.3) is 0 Å². The topological polar surface area (TPSA) is 47.3 Å². The second-order valence-electron chi connectivity index (χ2n) is 4.20. The molecular formula is C12H17FN2O. The van der Waals surface area contributed by atoms with Crippen molar-refractivity contribution in [2.75, 3.05) is 30.8 Å². The van der Waals surface area contributed by atoms with Gasteiger partial charge in [0, 0.05) is 18.8 Å². The highest BCUT2D eigenvalue weighted by molar-refractivity contribution is 5.52. The fourth-order valence-electron chi connectivity index (χ4n) is 1.90. The lowest BCUT2D eigenvalue weighted by molar-refractivity contribution is 0.0595. The molecular weight excluding hydrogens is 207 g/mol. The molecule has 1 saturated heterocycles. The number of nitrogens with two attached hydrogens (primary N) is 1. The maximum atomic E-state index is 13.4. The van der Waals surface area contributed by atoms with Crippen molar-refractivity contribution in [3.05, 3.63) is 24.0 Å². The smallest absolute Gasteiger partial charge is 0.148 e. The largest absolute Gasteiger partial charge is 0.399 e. The molecule has 0 saturated carbocycles. The van der Waals surface area contributed by atoms with E-state index in [0.717, 1.165) is 32.6 Å². The molecule has 0 aromatic heterocycles. The molecule has 1 aliphatic heterocycles. The maximum Gasteiger partial charge on any atom is 0.148 e. The van der Waals surface area contributed by atoms with E-state index >= 15 is 0 Å². The molecule has 16 heavy (non-hydrogen) atoms. The first-order valence-corrected chi connectivity index (χ1v) is 5.62. The van der Waals surface area contributed by atoms with Crippen molar-refractivity contribution in [3.63, 3.8) is 0 Å². The van der Waals surface area contributed by atoms with Gasteiger partial charge in [0.1, 0.15) is 5.82 Å². The van der Waals surface area contributed by atoms with Crippen molar-refractivity contribution >= 4 is 11.4 Å². The van der Waals surface area contributed by atoms with Gasteiger partial charge >= 0.3 is 0 Å². The Morgan fingerprint density at radius 3 is 3.06 bits per heavy atom. The molecule has 4 heteroatoms. The third-order valence-corrected chi connectivity index (χ3v) is 2.83. The van der Waals surface area contributed by atoms with Gasteiger partial charge in [0.25, 0.3) is 0 Å². The number of hydrogen-bond acceptors (Lipinski definition) is 3. The Bertz CT molecular complexity index is 351. The first-order chi connectivity index (χ1) is 7.75. The minimum Gasteiger partial charge on any atom is -0.399 e. The Kier molecular flexibility index (Phi) is 3.62. The zero-order chi connectivity index (χ0) is 11.4. The molecule has 3 nitrogen and oxygen atoms in total. The maximum absolute atomic E-state index is 13.4. The summed E-state index contributed by atoms with van der Waals surface area (Å²) < 4.78 is 18.8. The van der Waals surface area contributed by atoms with E-state index in [1.165, 1.54) is 6.07 Å². The lowest BCUT2D eigenvalue weighted by atomic mass is 10.0. The molecule has 1 atom stereocenters. The van der Waals surface area contributed by atoms with E-state index in [-0.39, 0.29) is 5.82 Å². The van der Waals surface area contributed by atoms with Crippen LogP contribution in [0.1, 0.15) is 12.8 Å². The quantitative estimate of drug-likeness (QED) is 0.774. The molecule has 0 radical (unpaired) electrons. The van der Waals surface area contributed by atoms with Crippen LogP contribution in [0.5, 0.6) is 0 Å². The van der Waals surface area contributed by atoms with Gasteiger partial charge in [0.15, 0.2) is 0 Å². The summed E-state index contributed by atoms with van der Waals surface area (Å²) in [5.41, 5.74) is 6.44. The number of benzene rings is 1. The van der Waals surface area contributed by atoms with Crippen molar-refractivity contribution in [2.24, 2.45) is 5.92 Å². The Balaban J connectivity index is 1.88. The number of nitrogens with one attached hydrogen (secondary N) is 1. The molecule has 3 N–H and O–H groups in total. The standard InChI is InChI=1S/C12H17FN2O/c13-11-6-10(14)3-4-12(11)15-7-9-2-1-5-16-8-9/h3-4,6,9,15H,1-2,5,7-8,14H2. The Morgan fingerprint density at radius 1 is 1.50 bits per heavy atom. The van der Waals surface area contributed by atoms with Gasteiger partial charge in [-0.1, -0.05) is 0 Å². The molecule has 1 aromatic rings. The Labute approximate surface area is 94.8 Å². The molecule has 0 bridgehead atoms. The molecule has 2 rings (SSSR count). The monoisotopic (exact) mass is 224 g/mol. The summed E-state index contributed by atoms with van der Waals surface area (Å²) in [4.78, 5) is 0. The molecule has 0 spiro atoms. The SMILES string of the molecule is Nc1ccc(NCC2CCCOC2)c(F)c1. The summed E-state index contributed by atoms with van der Waals surface area (Å²) in [6.07, 6.45) is 2.24. The molecule has 1 aliphatic rings. The lowest BCUT2D eigenvalue weighted by Gasteiger charge is -2.22. The molecule has 88 valence electrons. The number of rotatable bonds is 3. The summed E-state index contributed by atoms with van der Waals surface area (Å²) >= 11 is 0. The van der Waals surface area contributed by atoms with Gasteiger partial charge in [0.2, 0.25) is 0 Å². The molecule has 0 aliphatic carbocycles. The van der Waals surface area contributed by atoms with Crippen molar-refractivity contribution in [1.82, 2.24) is 0 Å². The summed E-state index contributed by atoms with van der Waals surface area (Å²) in [6.45, 7) is 2.37. The van der Waals surface area contributed by atoms with Crippen LogP contribution >= 0.6 is 0 Å². The fourth-order valence-corrected chi connectivity index (χ4v) is 1.90. The van der Waals surface area contributed by atoms with E-state index in [1.54, 1.807) is 12.1 Å². The van der Waals surface area contributed by atoms with Crippen LogP contribution in [-0.2, 0) is 4.74 Å². The predicted molar refractivity (Wildman–Crippen MR) is 62.8 cm³/mol. The zero-order valence-corrected chi connectivity index (χ0v) is 9.21. The van der Waals surface area contributed by atoms with Crippen molar-refractivity contribution in [2.45, 2.75) is 12.8 Å². The summed E-state index contributed by atoms with van der Waals surface area (Å²) in [7, 11) is 0. The fraction of sp³-hybridized carbons (Fsp3) is 0.500. The van der Waals surface area contributed by atoms with E-state index < -0.39 is 0 Å². The second kappa shape index (κ2) is 5.16. The number of ether oxygens (including phenoxy) is 1. The average molecular weight is 224 g/mol. The number of anilines is 2. The van der Waals surface area contributed by atoms with Gasteiger partial charge in [-0.3, -0.25) is 0 Å². The number of hydrogen-bond donors (Lipinski definition) is 2. The number of halogens is 1. The highest BCUT2D eigenvalue weighted by Crippen LogP contribution is 2.19. The van der Waals surface area contributed by atoms with Gasteiger partial charge in [-0.05, 0) is 37.0 Å². The van der Waals surface area contributed by atoms with Gasteiger partial charge in [0.05, 0.1) is 12.3 Å². The highest BCUT2D eigenvalue weighted by atomic mass is 19.1. The highest BCUT2D eigenvalue weighted by Gasteiger charge is 2.14. The van der Waals surface area contributed by atoms with Crippen LogP contribution in [-0.4, -0.2) is 19.8 Å². The van der Waals surface area contributed by atoms with Crippen LogP contribution in [0.2, 0.25) is 0 Å². The summed E-state index contributed by atoms with van der Waals surface area (Å²) in [5.74, 6) is 0.183. The summed E-state index contributed by atoms with van der Waals surface area (Å²) in [6, 6.07) is 4.71. The van der Waals surface area contributed by atoms with Crippen LogP contribution in [0.15, 0.2) is 18.2 Å². The normalized spacial score (nSPS) is 20.7. The van der Waals surface area contributed by atoms with E-state index in [9.17, 15) is 4.39 Å². The second-order valence-corrected chi connectivity index (χ2v) is 4.20. The Morgan fingerprint density at radius 2 is 2.38 bits per heavy atom. The predicted octanol–water partition coefficient (Wildman–Crippen LogP) is 2.25. The third kappa shape index (κ3) is 2.85. The minimum absolute atomic E-state index is 0.295. The summed E-state index contributed by atoms with van der Waals surface area (Å²) in [5, 5.41) is 3.10. The first-order valence-electron chi connectivity index (χ1n) is 5.62. The van der Waals surface area contributed by atoms with E-state index in [1.807, 2.05) is 0 Å². The first kappa shape index (κ1) is 11.2. The van der Waals surface area contributed by atoms with Crippen LogP contribution < -0.4 is 11.1 Å². The van der Waals surface area contributed by atoms with Gasteiger partial charge < -0.3 is 15.8 Å².